The van der Waals surface area contributed by atoms with E-state index in [0.29, 0.717) is 6.54 Å². The van der Waals surface area contributed by atoms with Crippen LogP contribution < -0.4 is 20.1 Å². The molecule has 0 aliphatic carbocycles. The van der Waals surface area contributed by atoms with Crippen molar-refractivity contribution in [3.05, 3.63) is 34.4 Å². The Labute approximate surface area is 281 Å². The first-order valence-electron chi connectivity index (χ1n) is 15.9. The maximum atomic E-state index is 17.2. The largest absolute Gasteiger partial charge is 0.491 e. The molecule has 8 nitrogen and oxygen atoms in total. The number of rotatable bonds is 4. The number of nitrogens with zero attached hydrogens (tertiary/aromatic N) is 5. The summed E-state index contributed by atoms with van der Waals surface area (Å²) in [7, 11) is 0. The predicted molar refractivity (Wildman–Crippen MR) is 173 cm³/mol. The third-order valence-corrected chi connectivity index (χ3v) is 11.6. The lowest BCUT2D eigenvalue weighted by molar-refractivity contribution is -0.0187. The Morgan fingerprint density at radius 1 is 1.15 bits per heavy atom. The number of aromatic nitrogens is 2. The van der Waals surface area contributed by atoms with E-state index in [9.17, 15) is 22.8 Å². The zero-order valence-electron chi connectivity index (χ0n) is 25.6. The molecule has 0 saturated carbocycles. The molecule has 8 rings (SSSR count). The third-order valence-electron chi connectivity index (χ3n) is 10.3. The van der Waals surface area contributed by atoms with Crippen molar-refractivity contribution in [1.29, 1.82) is 5.26 Å². The molecule has 6 heterocycles. The Morgan fingerprint density at radius 3 is 2.77 bits per heavy atom. The lowest BCUT2D eigenvalue weighted by atomic mass is 9.95. The van der Waals surface area contributed by atoms with Crippen molar-refractivity contribution in [2.75, 3.05) is 43.5 Å². The average Bonchev–Trinajstić information content (AvgIpc) is 3.65. The molecule has 2 aromatic carbocycles. The van der Waals surface area contributed by atoms with Gasteiger partial charge in [0, 0.05) is 55.8 Å². The number of halogens is 6. The molecule has 2 unspecified atom stereocenters. The summed E-state index contributed by atoms with van der Waals surface area (Å²) in [5.41, 5.74) is 5.17. The highest BCUT2D eigenvalue weighted by atomic mass is 35.5. The van der Waals surface area contributed by atoms with Crippen LogP contribution in [0.1, 0.15) is 50.5 Å². The minimum absolute atomic E-state index is 0.00867. The van der Waals surface area contributed by atoms with E-state index in [2.05, 4.69) is 9.88 Å². The van der Waals surface area contributed by atoms with Crippen LogP contribution in [0.3, 0.4) is 0 Å². The second-order valence-corrected chi connectivity index (χ2v) is 14.6. The molecule has 2 N–H and O–H groups in total. The van der Waals surface area contributed by atoms with E-state index in [0.717, 1.165) is 36.8 Å². The van der Waals surface area contributed by atoms with Gasteiger partial charge in [-0.25, -0.2) is 22.0 Å². The first-order chi connectivity index (χ1) is 23.0. The van der Waals surface area contributed by atoms with Crippen LogP contribution in [0.5, 0.6) is 11.8 Å². The number of benzene rings is 2. The van der Waals surface area contributed by atoms with Crippen molar-refractivity contribution in [3.8, 4) is 29.0 Å². The van der Waals surface area contributed by atoms with Crippen LogP contribution in [-0.4, -0.2) is 71.4 Å². The summed E-state index contributed by atoms with van der Waals surface area (Å²) >= 11 is 7.84. The van der Waals surface area contributed by atoms with Gasteiger partial charge in [-0.3, -0.25) is 4.90 Å². The number of hydrogen-bond acceptors (Lipinski definition) is 9. The van der Waals surface area contributed by atoms with Crippen LogP contribution in [0.2, 0.25) is 5.02 Å². The van der Waals surface area contributed by atoms with Crippen LogP contribution in [0, 0.1) is 23.0 Å². The number of fused-ring (bicyclic) bond motifs is 4. The van der Waals surface area contributed by atoms with Gasteiger partial charge >= 0.3 is 6.01 Å². The van der Waals surface area contributed by atoms with Crippen molar-refractivity contribution >= 4 is 54.7 Å². The molecule has 252 valence electrons. The van der Waals surface area contributed by atoms with Gasteiger partial charge in [-0.1, -0.05) is 17.7 Å². The van der Waals surface area contributed by atoms with Crippen molar-refractivity contribution in [2.24, 2.45) is 0 Å². The number of hydrogen-bond donors (Lipinski definition) is 1. The summed E-state index contributed by atoms with van der Waals surface area (Å²) in [6, 6.07) is 3.58. The van der Waals surface area contributed by atoms with Crippen molar-refractivity contribution in [3.63, 3.8) is 0 Å². The summed E-state index contributed by atoms with van der Waals surface area (Å²) in [5, 5.41) is 10.00. The maximum absolute atomic E-state index is 17.2. The van der Waals surface area contributed by atoms with Crippen LogP contribution in [0.15, 0.2) is 12.1 Å². The first kappa shape index (κ1) is 31.6. The van der Waals surface area contributed by atoms with Gasteiger partial charge in [0.1, 0.15) is 41.0 Å². The summed E-state index contributed by atoms with van der Waals surface area (Å²) in [5.74, 6) is -4.28. The molecule has 4 aliphatic rings. The second-order valence-electron chi connectivity index (χ2n) is 13.1. The van der Waals surface area contributed by atoms with E-state index in [4.69, 9.17) is 31.8 Å². The van der Waals surface area contributed by atoms with E-state index in [1.54, 1.807) is 4.90 Å². The molecule has 2 aromatic heterocycles. The van der Waals surface area contributed by atoms with E-state index >= 15 is 4.39 Å². The SMILES string of the molecule is N#Cc1c(N)sc2c(F)ccc(-c3c(Cl)c4c5c(nc(OCC67CCCN6C[C@H](F)C7)nc5c3F)N3CCCC(F)(F)CC3CCO4)c12. The third kappa shape index (κ3) is 4.91. The molecule has 0 spiro atoms. The van der Waals surface area contributed by atoms with Crippen LogP contribution >= 0.6 is 22.9 Å². The molecule has 0 bridgehead atoms. The number of nitriles is 1. The van der Waals surface area contributed by atoms with Gasteiger partial charge in [0.25, 0.3) is 0 Å². The highest BCUT2D eigenvalue weighted by Crippen LogP contribution is 2.51. The molecule has 15 heteroatoms. The van der Waals surface area contributed by atoms with Crippen LogP contribution in [0.25, 0.3) is 32.1 Å². The second kappa shape index (κ2) is 11.5. The highest BCUT2D eigenvalue weighted by Gasteiger charge is 2.49. The van der Waals surface area contributed by atoms with Gasteiger partial charge in [0.05, 0.1) is 32.8 Å². The number of alkyl halides is 3. The summed E-state index contributed by atoms with van der Waals surface area (Å²) in [6.07, 6.45) is 0.494. The van der Waals surface area contributed by atoms with E-state index < -0.39 is 41.7 Å². The van der Waals surface area contributed by atoms with E-state index in [-0.39, 0.29) is 111 Å². The fourth-order valence-corrected chi connectivity index (χ4v) is 9.40. The normalized spacial score (nSPS) is 25.2. The molecule has 0 radical (unpaired) electrons. The lowest BCUT2D eigenvalue weighted by Crippen LogP contribution is -2.43. The predicted octanol–water partition coefficient (Wildman–Crippen LogP) is 7.63. The number of thiophene rings is 1. The smallest absolute Gasteiger partial charge is 0.319 e. The Kier molecular flexibility index (Phi) is 7.54. The molecule has 48 heavy (non-hydrogen) atoms. The van der Waals surface area contributed by atoms with E-state index in [1.165, 1.54) is 6.07 Å². The molecule has 4 aliphatic heterocycles. The van der Waals surface area contributed by atoms with Gasteiger partial charge in [0.2, 0.25) is 5.92 Å². The van der Waals surface area contributed by atoms with Crippen molar-refractivity contribution in [1.82, 2.24) is 14.9 Å². The van der Waals surface area contributed by atoms with Gasteiger partial charge in [0.15, 0.2) is 11.6 Å². The number of nitrogens with two attached hydrogens (primary N) is 1. The Morgan fingerprint density at radius 2 is 1.96 bits per heavy atom. The summed E-state index contributed by atoms with van der Waals surface area (Å²) in [6.45, 7) is 1.30. The van der Waals surface area contributed by atoms with Gasteiger partial charge in [-0.05, 0) is 37.4 Å². The molecular formula is C33H30ClF5N6O2S. The van der Waals surface area contributed by atoms with Gasteiger partial charge in [-0.15, -0.1) is 11.3 Å². The molecule has 0 amide bonds. The number of ether oxygens (including phenoxy) is 2. The Bertz CT molecular complexity index is 2020. The van der Waals surface area contributed by atoms with Crippen LogP contribution in [0.4, 0.5) is 32.8 Å². The Hall–Kier alpha value is -3.67. The number of nitrogen functional groups attached to an aromatic ring is 1. The van der Waals surface area contributed by atoms with E-state index in [1.807, 2.05) is 6.07 Å². The molecule has 3 fully saturated rings. The molecule has 3 saturated heterocycles. The quantitative estimate of drug-likeness (QED) is 0.217. The molecular weight excluding hydrogens is 675 g/mol. The standard InChI is InChI=1S/C33H30ClF5N6O2S/c34-24-22(18-3-4-20(36)28-21(18)19(13-40)29(41)48-28)25(37)26-23-27(24)46-10-5-17-12-33(38,39)7-2-9-45(17)30(23)43-31(42-26)47-15-32-6-1-8-44(32)14-16(35)11-32/h3-4,16-17H,1-2,5-12,14-15,41H2/t16-,17?,32?/m1/s1. The number of anilines is 2. The lowest BCUT2D eigenvalue weighted by Gasteiger charge is -2.35. The molecule has 3 atom stereocenters. The monoisotopic (exact) mass is 704 g/mol. The summed E-state index contributed by atoms with van der Waals surface area (Å²) in [4.78, 5) is 13.0. The first-order valence-corrected chi connectivity index (χ1v) is 17.1. The fraction of sp³-hybridized carbons (Fsp3) is 0.485. The van der Waals surface area contributed by atoms with Gasteiger partial charge in [-0.2, -0.15) is 15.2 Å². The average molecular weight is 705 g/mol. The minimum Gasteiger partial charge on any atom is -0.491 e. The van der Waals surface area contributed by atoms with Gasteiger partial charge < -0.3 is 20.1 Å². The maximum Gasteiger partial charge on any atom is 0.319 e. The zero-order valence-corrected chi connectivity index (χ0v) is 27.2. The molecule has 4 aromatic rings. The minimum atomic E-state index is -2.91. The topological polar surface area (TPSA) is 101 Å². The van der Waals surface area contributed by atoms with Crippen LogP contribution in [-0.2, 0) is 0 Å². The van der Waals surface area contributed by atoms with Crippen molar-refractivity contribution in [2.45, 2.75) is 68.6 Å². The Balaban J connectivity index is 1.36. The fourth-order valence-electron chi connectivity index (χ4n) is 8.12. The summed E-state index contributed by atoms with van der Waals surface area (Å²) < 4.78 is 88.8. The highest BCUT2D eigenvalue weighted by molar-refractivity contribution is 7.23. The zero-order chi connectivity index (χ0) is 33.5. The van der Waals surface area contributed by atoms with Crippen molar-refractivity contribution < 1.29 is 31.4 Å².